The average Bonchev–Trinajstić information content (AvgIpc) is 3.01. The first kappa shape index (κ1) is 30.7. The van der Waals surface area contributed by atoms with Crippen molar-refractivity contribution >= 4 is 45.8 Å². The van der Waals surface area contributed by atoms with Crippen LogP contribution in [0.25, 0.3) is 10.9 Å². The zero-order chi connectivity index (χ0) is 31.0. The molecule has 0 saturated heterocycles. The molecule has 3 aromatic carbocycles. The van der Waals surface area contributed by atoms with Crippen molar-refractivity contribution in [1.29, 1.82) is 0 Å². The van der Waals surface area contributed by atoms with E-state index in [-0.39, 0.29) is 5.56 Å². The number of nitrogens with two attached hydrogens (primary N) is 1. The molecule has 1 aliphatic heterocycles. The molecular formula is C36H41Cl2N5O. The smallest absolute Gasteiger partial charge is 0.261 e. The maximum Gasteiger partial charge on any atom is 0.261 e. The topological polar surface area (TPSA) is 76.5 Å². The Morgan fingerprint density at radius 1 is 1.07 bits per heavy atom. The number of benzene rings is 3. The fourth-order valence-electron chi connectivity index (χ4n) is 7.41. The molecule has 3 atom stereocenters. The molecule has 3 unspecified atom stereocenters. The Labute approximate surface area is 269 Å². The molecule has 3 aliphatic carbocycles. The van der Waals surface area contributed by atoms with Gasteiger partial charge in [0.1, 0.15) is 0 Å². The molecule has 2 bridgehead atoms. The molecule has 3 fully saturated rings. The zero-order valence-corrected chi connectivity index (χ0v) is 27.3. The second kappa shape index (κ2) is 12.6. The lowest BCUT2D eigenvalue weighted by Crippen LogP contribution is -2.51. The Morgan fingerprint density at radius 3 is 2.57 bits per heavy atom. The van der Waals surface area contributed by atoms with Gasteiger partial charge in [-0.25, -0.2) is 9.98 Å². The molecule has 2 N–H and O–H groups in total. The predicted octanol–water partition coefficient (Wildman–Crippen LogP) is 8.03. The van der Waals surface area contributed by atoms with Gasteiger partial charge in [0.05, 0.1) is 22.9 Å². The average molecular weight is 631 g/mol. The number of aliphatic imine (C=N–C) groups is 1. The van der Waals surface area contributed by atoms with Crippen molar-refractivity contribution in [2.75, 3.05) is 6.54 Å². The molecular weight excluding hydrogens is 589 g/mol. The van der Waals surface area contributed by atoms with E-state index in [9.17, 15) is 4.79 Å². The van der Waals surface area contributed by atoms with Crippen LogP contribution in [0.15, 0.2) is 76.8 Å². The highest BCUT2D eigenvalue weighted by Crippen LogP contribution is 2.61. The highest BCUT2D eigenvalue weighted by Gasteiger charge is 2.52. The van der Waals surface area contributed by atoms with Crippen LogP contribution in [-0.4, -0.2) is 27.0 Å². The molecule has 4 aliphatic rings. The first-order valence-electron chi connectivity index (χ1n) is 15.7. The monoisotopic (exact) mass is 629 g/mol. The quantitative estimate of drug-likeness (QED) is 0.183. The van der Waals surface area contributed by atoms with E-state index in [4.69, 9.17) is 28.9 Å². The van der Waals surface area contributed by atoms with Gasteiger partial charge in [-0.15, -0.1) is 0 Å². The van der Waals surface area contributed by atoms with Crippen LogP contribution in [0.1, 0.15) is 56.7 Å². The van der Waals surface area contributed by atoms with Crippen LogP contribution in [0.5, 0.6) is 0 Å². The summed E-state index contributed by atoms with van der Waals surface area (Å²) in [6, 6.07) is 19.1. The van der Waals surface area contributed by atoms with Crippen LogP contribution in [0.4, 0.5) is 5.69 Å². The number of rotatable bonds is 4. The molecule has 44 heavy (non-hydrogen) atoms. The summed E-state index contributed by atoms with van der Waals surface area (Å²) < 4.78 is 1.59. The minimum atomic E-state index is -0.105. The molecule has 0 radical (unpaired) electrons. The lowest BCUT2D eigenvalue weighted by Gasteiger charge is -2.59. The molecule has 8 rings (SSSR count). The SMILES string of the molecule is CC1CCC2CC1C2(C)C.NC(=Nc1ccc2c(=O)n(CCc3ccc(Cl)cc3Cl)cnc2c1)N1CCc2ccccc2C1. The summed E-state index contributed by atoms with van der Waals surface area (Å²) in [4.78, 5) is 24.1. The van der Waals surface area contributed by atoms with Gasteiger partial charge in [0.25, 0.3) is 5.56 Å². The van der Waals surface area contributed by atoms with Gasteiger partial charge in [0, 0.05) is 29.7 Å². The largest absolute Gasteiger partial charge is 0.369 e. The second-order valence-electron chi connectivity index (χ2n) is 13.3. The van der Waals surface area contributed by atoms with Crippen molar-refractivity contribution in [3.05, 3.63) is 104 Å². The van der Waals surface area contributed by atoms with Crippen LogP contribution >= 0.6 is 23.2 Å². The normalized spacial score (nSPS) is 22.1. The van der Waals surface area contributed by atoms with Crippen molar-refractivity contribution in [2.45, 2.75) is 66.0 Å². The van der Waals surface area contributed by atoms with E-state index in [1.807, 2.05) is 12.1 Å². The van der Waals surface area contributed by atoms with Crippen molar-refractivity contribution in [3.8, 4) is 0 Å². The van der Waals surface area contributed by atoms with Crippen LogP contribution in [-0.2, 0) is 25.9 Å². The Morgan fingerprint density at radius 2 is 1.86 bits per heavy atom. The molecule has 0 amide bonds. The summed E-state index contributed by atoms with van der Waals surface area (Å²) in [6.45, 7) is 9.37. The fourth-order valence-corrected chi connectivity index (χ4v) is 7.92. The number of halogens is 2. The highest BCUT2D eigenvalue weighted by molar-refractivity contribution is 6.35. The van der Waals surface area contributed by atoms with Crippen LogP contribution < -0.4 is 11.3 Å². The first-order chi connectivity index (χ1) is 21.1. The van der Waals surface area contributed by atoms with Crippen LogP contribution in [0.2, 0.25) is 10.0 Å². The number of guanidine groups is 1. The lowest BCUT2D eigenvalue weighted by molar-refractivity contribution is -0.0988. The van der Waals surface area contributed by atoms with E-state index >= 15 is 0 Å². The standard InChI is InChI=1S/C26H23Cl2N5O.C10H18/c27-20-6-5-18(23(28)13-20)10-12-33-16-30-24-14-21(7-8-22(24)25(33)34)31-26(29)32-11-9-17-3-1-2-4-19(17)15-32;1-7-4-5-8-6-9(7)10(8,2)3/h1-8,13-14,16H,9-12,15H2,(H2,29,31);7-9H,4-6H2,1-3H3. The van der Waals surface area contributed by atoms with Crippen LogP contribution in [0, 0.1) is 23.2 Å². The molecule has 8 heteroatoms. The summed E-state index contributed by atoms with van der Waals surface area (Å²) in [7, 11) is 0. The number of aryl methyl sites for hydroxylation is 2. The van der Waals surface area contributed by atoms with Gasteiger partial charge in [-0.05, 0) is 95.9 Å². The number of aromatic nitrogens is 2. The first-order valence-corrected chi connectivity index (χ1v) is 16.4. The van der Waals surface area contributed by atoms with Crippen LogP contribution in [0.3, 0.4) is 0 Å². The van der Waals surface area contributed by atoms with Gasteiger partial charge in [0.2, 0.25) is 0 Å². The minimum Gasteiger partial charge on any atom is -0.369 e. The maximum absolute atomic E-state index is 13.0. The molecule has 230 valence electrons. The molecule has 1 aromatic heterocycles. The van der Waals surface area contributed by atoms with Gasteiger partial charge in [-0.2, -0.15) is 0 Å². The molecule has 2 heterocycles. The zero-order valence-electron chi connectivity index (χ0n) is 25.8. The van der Waals surface area contributed by atoms with Crippen molar-refractivity contribution in [3.63, 3.8) is 0 Å². The number of fused-ring (bicyclic) bond motifs is 4. The van der Waals surface area contributed by atoms with Gasteiger partial charge >= 0.3 is 0 Å². The second-order valence-corrected chi connectivity index (χ2v) is 14.1. The fraction of sp³-hybridized carbons (Fsp3) is 0.417. The van der Waals surface area contributed by atoms with Crippen molar-refractivity contribution in [1.82, 2.24) is 14.5 Å². The van der Waals surface area contributed by atoms with E-state index in [0.717, 1.165) is 42.8 Å². The predicted molar refractivity (Wildman–Crippen MR) is 182 cm³/mol. The number of hydrogen-bond acceptors (Lipinski definition) is 3. The molecule has 6 nitrogen and oxygen atoms in total. The van der Waals surface area contributed by atoms with Gasteiger partial charge in [0.15, 0.2) is 5.96 Å². The van der Waals surface area contributed by atoms with E-state index in [2.05, 4.69) is 53.8 Å². The van der Waals surface area contributed by atoms with Gasteiger partial charge < -0.3 is 10.6 Å². The molecule has 4 aromatic rings. The molecule has 3 saturated carbocycles. The van der Waals surface area contributed by atoms with Crippen molar-refractivity contribution in [2.24, 2.45) is 33.9 Å². The summed E-state index contributed by atoms with van der Waals surface area (Å²) in [5.74, 6) is 3.61. The highest BCUT2D eigenvalue weighted by atomic mass is 35.5. The van der Waals surface area contributed by atoms with E-state index < -0.39 is 0 Å². The molecule has 0 spiro atoms. The third-order valence-corrected chi connectivity index (χ3v) is 10.9. The van der Waals surface area contributed by atoms with Gasteiger partial charge in [-0.1, -0.05) is 80.7 Å². The Kier molecular flexibility index (Phi) is 8.76. The number of nitrogens with zero attached hydrogens (tertiary/aromatic N) is 4. The van der Waals surface area contributed by atoms with Crippen molar-refractivity contribution < 1.29 is 0 Å². The summed E-state index contributed by atoms with van der Waals surface area (Å²) in [5, 5.41) is 1.71. The third kappa shape index (κ3) is 6.25. The summed E-state index contributed by atoms with van der Waals surface area (Å²) >= 11 is 12.2. The third-order valence-electron chi connectivity index (χ3n) is 10.3. The maximum atomic E-state index is 13.0. The summed E-state index contributed by atoms with van der Waals surface area (Å²) in [5.41, 5.74) is 11.7. The van der Waals surface area contributed by atoms with Gasteiger partial charge in [-0.3, -0.25) is 9.36 Å². The number of hydrogen-bond donors (Lipinski definition) is 1. The lowest BCUT2D eigenvalue weighted by atomic mass is 9.46. The Hall–Kier alpha value is -3.35. The van der Waals surface area contributed by atoms with E-state index in [1.165, 1.54) is 30.4 Å². The van der Waals surface area contributed by atoms with E-state index in [1.54, 1.807) is 41.2 Å². The Balaban J connectivity index is 0.000000289. The van der Waals surface area contributed by atoms with E-state index in [0.29, 0.717) is 51.0 Å². The summed E-state index contributed by atoms with van der Waals surface area (Å²) in [6.07, 6.45) is 7.64. The minimum absolute atomic E-state index is 0.105. The Bertz CT molecular complexity index is 1760.